The van der Waals surface area contributed by atoms with Crippen molar-refractivity contribution in [3.63, 3.8) is 0 Å². The highest BCUT2D eigenvalue weighted by molar-refractivity contribution is 6.30. The van der Waals surface area contributed by atoms with Crippen molar-refractivity contribution in [2.75, 3.05) is 31.8 Å². The standard InChI is InChI=1S/C29H27ClF4N2O4/c1-4-35(5-2)16-18-7-6-8-19(13-18)26(37)40-17-36-24-14-20(29(32,33)34)9-11-22(24)28(31,27(36)38)23-15-21(30)10-12-25(23)39-3/h6-15H,4-5,16-17H2,1-3H3. The number of rotatable bonds is 9. The molecule has 0 aromatic heterocycles. The zero-order chi connectivity index (χ0) is 29.2. The Morgan fingerprint density at radius 2 is 1.75 bits per heavy atom. The van der Waals surface area contributed by atoms with Gasteiger partial charge in [-0.25, -0.2) is 9.18 Å². The molecule has 1 aliphatic rings. The van der Waals surface area contributed by atoms with Gasteiger partial charge in [0, 0.05) is 22.7 Å². The summed E-state index contributed by atoms with van der Waals surface area (Å²) in [5.41, 5.74) is -4.04. The Morgan fingerprint density at radius 1 is 1.02 bits per heavy atom. The molecule has 212 valence electrons. The number of carbonyl (C=O) groups is 2. The Hall–Kier alpha value is -3.63. The first-order valence-electron chi connectivity index (χ1n) is 12.5. The van der Waals surface area contributed by atoms with Gasteiger partial charge in [-0.05, 0) is 61.1 Å². The number of nitrogens with zero attached hydrogens (tertiary/aromatic N) is 2. The predicted molar refractivity (Wildman–Crippen MR) is 142 cm³/mol. The lowest BCUT2D eigenvalue weighted by Gasteiger charge is -2.23. The lowest BCUT2D eigenvalue weighted by atomic mass is 9.88. The SMILES string of the molecule is CCN(CC)Cc1cccc(C(=O)OCN2C(=O)C(F)(c3cc(Cl)ccc3OC)c3ccc(C(F)(F)F)cc32)c1. The number of esters is 1. The van der Waals surface area contributed by atoms with Crippen LogP contribution in [0.5, 0.6) is 5.75 Å². The molecule has 0 fully saturated rings. The number of anilines is 1. The summed E-state index contributed by atoms with van der Waals surface area (Å²) in [6, 6.07) is 12.9. The molecule has 1 unspecified atom stereocenters. The maximum atomic E-state index is 16.9. The van der Waals surface area contributed by atoms with Crippen molar-refractivity contribution in [3.8, 4) is 5.75 Å². The largest absolute Gasteiger partial charge is 0.496 e. The van der Waals surface area contributed by atoms with Gasteiger partial charge < -0.3 is 9.47 Å². The molecule has 1 amide bonds. The summed E-state index contributed by atoms with van der Waals surface area (Å²) in [5.74, 6) is -2.10. The Kier molecular flexibility index (Phi) is 8.41. The van der Waals surface area contributed by atoms with Gasteiger partial charge in [-0.1, -0.05) is 43.6 Å². The lowest BCUT2D eigenvalue weighted by Crippen LogP contribution is -2.40. The van der Waals surface area contributed by atoms with Gasteiger partial charge in [0.25, 0.3) is 5.91 Å². The first kappa shape index (κ1) is 29.4. The Balaban J connectivity index is 1.69. The van der Waals surface area contributed by atoms with E-state index in [9.17, 15) is 22.8 Å². The van der Waals surface area contributed by atoms with Gasteiger partial charge in [0.05, 0.1) is 23.9 Å². The molecule has 0 saturated carbocycles. The monoisotopic (exact) mass is 578 g/mol. The lowest BCUT2D eigenvalue weighted by molar-refractivity contribution is -0.137. The minimum absolute atomic E-state index is 0.0324. The van der Waals surface area contributed by atoms with Gasteiger partial charge >= 0.3 is 12.1 Å². The van der Waals surface area contributed by atoms with E-state index in [1.807, 2.05) is 19.9 Å². The van der Waals surface area contributed by atoms with Crippen molar-refractivity contribution in [2.45, 2.75) is 32.2 Å². The van der Waals surface area contributed by atoms with Crippen LogP contribution in [0, 0.1) is 0 Å². The van der Waals surface area contributed by atoms with E-state index in [4.69, 9.17) is 21.1 Å². The van der Waals surface area contributed by atoms with Gasteiger partial charge in [-0.2, -0.15) is 13.2 Å². The highest BCUT2D eigenvalue weighted by Gasteiger charge is 2.55. The second kappa shape index (κ2) is 11.5. The third-order valence-electron chi connectivity index (χ3n) is 6.85. The zero-order valence-corrected chi connectivity index (χ0v) is 22.8. The first-order chi connectivity index (χ1) is 18.9. The fraction of sp³-hybridized carbons (Fsp3) is 0.310. The molecule has 0 N–H and O–H groups in total. The van der Waals surface area contributed by atoms with Crippen molar-refractivity contribution >= 4 is 29.2 Å². The summed E-state index contributed by atoms with van der Waals surface area (Å²) >= 11 is 6.08. The third kappa shape index (κ3) is 5.51. The molecule has 1 heterocycles. The quantitative estimate of drug-likeness (QED) is 0.212. The average Bonchev–Trinajstić information content (AvgIpc) is 3.16. The van der Waals surface area contributed by atoms with E-state index in [2.05, 4.69) is 4.90 Å². The minimum atomic E-state index is -4.76. The maximum absolute atomic E-state index is 16.9. The number of halogens is 5. The molecular formula is C29H27ClF4N2O4. The van der Waals surface area contributed by atoms with E-state index < -0.39 is 36.0 Å². The van der Waals surface area contributed by atoms with Gasteiger partial charge in [-0.15, -0.1) is 0 Å². The smallest absolute Gasteiger partial charge is 0.416 e. The molecule has 0 saturated heterocycles. The number of alkyl halides is 4. The molecule has 0 bridgehead atoms. The number of hydrogen-bond acceptors (Lipinski definition) is 5. The molecule has 40 heavy (non-hydrogen) atoms. The summed E-state index contributed by atoms with van der Waals surface area (Å²) in [5, 5.41) is 0.0866. The molecule has 1 atom stereocenters. The molecule has 3 aromatic rings. The van der Waals surface area contributed by atoms with Crippen LogP contribution < -0.4 is 9.64 Å². The Labute approximate surface area is 234 Å². The van der Waals surface area contributed by atoms with E-state index >= 15 is 4.39 Å². The van der Waals surface area contributed by atoms with E-state index in [-0.39, 0.29) is 33.1 Å². The van der Waals surface area contributed by atoms with E-state index in [0.29, 0.717) is 23.6 Å². The molecule has 6 nitrogen and oxygen atoms in total. The fourth-order valence-electron chi connectivity index (χ4n) is 4.68. The van der Waals surface area contributed by atoms with Crippen LogP contribution in [0.3, 0.4) is 0 Å². The molecule has 4 rings (SSSR count). The van der Waals surface area contributed by atoms with Crippen LogP contribution in [0.15, 0.2) is 60.7 Å². The highest BCUT2D eigenvalue weighted by Crippen LogP contribution is 2.51. The molecular weight excluding hydrogens is 552 g/mol. The van der Waals surface area contributed by atoms with Crippen molar-refractivity contribution < 1.29 is 36.6 Å². The van der Waals surface area contributed by atoms with Gasteiger partial charge in [-0.3, -0.25) is 14.6 Å². The van der Waals surface area contributed by atoms with Crippen LogP contribution in [-0.4, -0.2) is 43.7 Å². The van der Waals surface area contributed by atoms with Crippen LogP contribution in [0.1, 0.15) is 46.5 Å². The number of ether oxygens (including phenoxy) is 2. The Bertz CT molecular complexity index is 1430. The normalized spacial score (nSPS) is 16.8. The van der Waals surface area contributed by atoms with Crippen molar-refractivity contribution in [1.29, 1.82) is 0 Å². The summed E-state index contributed by atoms with van der Waals surface area (Å²) in [4.78, 5) is 29.3. The second-order valence-corrected chi connectivity index (χ2v) is 9.63. The van der Waals surface area contributed by atoms with Crippen LogP contribution in [0.2, 0.25) is 5.02 Å². The van der Waals surface area contributed by atoms with Crippen molar-refractivity contribution in [3.05, 3.63) is 93.5 Å². The van der Waals surface area contributed by atoms with E-state index in [0.717, 1.165) is 24.7 Å². The average molecular weight is 579 g/mol. The first-order valence-corrected chi connectivity index (χ1v) is 12.9. The summed E-state index contributed by atoms with van der Waals surface area (Å²) < 4.78 is 68.1. The van der Waals surface area contributed by atoms with Crippen molar-refractivity contribution in [2.24, 2.45) is 0 Å². The zero-order valence-electron chi connectivity index (χ0n) is 22.0. The number of methoxy groups -OCH3 is 1. The summed E-state index contributed by atoms with van der Waals surface area (Å²) in [6.07, 6.45) is -4.76. The number of benzene rings is 3. The van der Waals surface area contributed by atoms with Gasteiger partial charge in [0.1, 0.15) is 5.75 Å². The topological polar surface area (TPSA) is 59.1 Å². The maximum Gasteiger partial charge on any atom is 0.416 e. The van der Waals surface area contributed by atoms with Crippen LogP contribution in [0.25, 0.3) is 0 Å². The summed E-state index contributed by atoms with van der Waals surface area (Å²) in [6.45, 7) is 5.42. The fourth-order valence-corrected chi connectivity index (χ4v) is 4.85. The molecule has 1 aliphatic heterocycles. The molecule has 0 radical (unpaired) electrons. The number of hydrogen-bond donors (Lipinski definition) is 0. The minimum Gasteiger partial charge on any atom is -0.496 e. The van der Waals surface area contributed by atoms with Gasteiger partial charge in [0.2, 0.25) is 5.67 Å². The van der Waals surface area contributed by atoms with Crippen molar-refractivity contribution in [1.82, 2.24) is 4.90 Å². The van der Waals surface area contributed by atoms with Crippen LogP contribution in [0.4, 0.5) is 23.2 Å². The molecule has 3 aromatic carbocycles. The molecule has 11 heteroatoms. The highest BCUT2D eigenvalue weighted by atomic mass is 35.5. The number of fused-ring (bicyclic) bond motifs is 1. The Morgan fingerprint density at radius 3 is 2.40 bits per heavy atom. The molecule has 0 aliphatic carbocycles. The van der Waals surface area contributed by atoms with Crippen LogP contribution in [-0.2, 0) is 27.9 Å². The van der Waals surface area contributed by atoms with E-state index in [1.165, 1.54) is 31.4 Å². The number of amides is 1. The summed E-state index contributed by atoms with van der Waals surface area (Å²) in [7, 11) is 1.26. The second-order valence-electron chi connectivity index (χ2n) is 9.19. The van der Waals surface area contributed by atoms with E-state index in [1.54, 1.807) is 12.1 Å². The van der Waals surface area contributed by atoms with Crippen LogP contribution >= 0.6 is 11.6 Å². The third-order valence-corrected chi connectivity index (χ3v) is 7.08. The number of carbonyl (C=O) groups excluding carboxylic acids is 2. The predicted octanol–water partition coefficient (Wildman–Crippen LogP) is 6.58. The van der Waals surface area contributed by atoms with Gasteiger partial charge in [0.15, 0.2) is 6.73 Å². The molecule has 0 spiro atoms.